The Morgan fingerprint density at radius 1 is 1.24 bits per heavy atom. The van der Waals surface area contributed by atoms with E-state index in [1.54, 1.807) is 0 Å². The van der Waals surface area contributed by atoms with Crippen molar-refractivity contribution < 1.29 is 9.57 Å². The molecule has 0 spiro atoms. The van der Waals surface area contributed by atoms with Crippen molar-refractivity contribution in [3.63, 3.8) is 0 Å². The summed E-state index contributed by atoms with van der Waals surface area (Å²) in [5.74, 6) is 0. The zero-order valence-corrected chi connectivity index (χ0v) is 9.89. The van der Waals surface area contributed by atoms with Gasteiger partial charge < -0.3 is 9.57 Å². The Hall–Kier alpha value is -1.35. The highest BCUT2D eigenvalue weighted by molar-refractivity contribution is 6.01. The monoisotopic (exact) mass is 231 g/mol. The number of epoxide rings is 1. The molecule has 1 heterocycles. The molecule has 3 heteroatoms. The van der Waals surface area contributed by atoms with Crippen LogP contribution in [-0.2, 0) is 16.0 Å². The first-order valence-corrected chi connectivity index (χ1v) is 6.32. The molecule has 0 amide bonds. The predicted molar refractivity (Wildman–Crippen MR) is 66.2 cm³/mol. The minimum atomic E-state index is 0.278. The molecule has 3 rings (SSSR count). The van der Waals surface area contributed by atoms with Crippen molar-refractivity contribution in [2.75, 3.05) is 13.2 Å². The van der Waals surface area contributed by atoms with Gasteiger partial charge >= 0.3 is 0 Å². The lowest BCUT2D eigenvalue weighted by Crippen LogP contribution is -2.05. The molecule has 17 heavy (non-hydrogen) atoms. The maximum absolute atomic E-state index is 5.37. The van der Waals surface area contributed by atoms with Crippen molar-refractivity contribution in [3.05, 3.63) is 35.4 Å². The smallest absolute Gasteiger partial charge is 0.145 e. The molecule has 0 radical (unpaired) electrons. The Labute approximate surface area is 101 Å². The van der Waals surface area contributed by atoms with Crippen molar-refractivity contribution >= 4 is 5.71 Å². The van der Waals surface area contributed by atoms with Crippen LogP contribution < -0.4 is 0 Å². The van der Waals surface area contributed by atoms with Crippen LogP contribution in [0.4, 0.5) is 0 Å². The van der Waals surface area contributed by atoms with Crippen LogP contribution in [0.5, 0.6) is 0 Å². The van der Waals surface area contributed by atoms with Crippen molar-refractivity contribution in [2.45, 2.75) is 31.8 Å². The lowest BCUT2D eigenvalue weighted by Gasteiger charge is -2.07. The Morgan fingerprint density at radius 2 is 2.06 bits per heavy atom. The molecule has 1 fully saturated rings. The van der Waals surface area contributed by atoms with Crippen molar-refractivity contribution in [2.24, 2.45) is 5.16 Å². The van der Waals surface area contributed by atoms with Gasteiger partial charge in [0.05, 0.1) is 12.3 Å². The number of rotatable bonds is 3. The van der Waals surface area contributed by atoms with Gasteiger partial charge in [0.2, 0.25) is 0 Å². The number of nitrogens with zero attached hydrogens (tertiary/aromatic N) is 1. The fourth-order valence-electron chi connectivity index (χ4n) is 2.22. The third-order valence-corrected chi connectivity index (χ3v) is 3.28. The molecule has 0 aromatic heterocycles. The van der Waals surface area contributed by atoms with Gasteiger partial charge in [0.15, 0.2) is 0 Å². The molecule has 90 valence electrons. The van der Waals surface area contributed by atoms with E-state index in [1.165, 1.54) is 24.0 Å². The van der Waals surface area contributed by atoms with E-state index in [1.807, 2.05) is 0 Å². The van der Waals surface area contributed by atoms with Gasteiger partial charge in [-0.25, -0.2) is 0 Å². The van der Waals surface area contributed by atoms with Crippen LogP contribution in [0.2, 0.25) is 0 Å². The molecule has 0 saturated carbocycles. The highest BCUT2D eigenvalue weighted by atomic mass is 16.7. The Bertz CT molecular complexity index is 424. The predicted octanol–water partition coefficient (Wildman–Crippen LogP) is 2.53. The van der Waals surface area contributed by atoms with Gasteiger partial charge in [0, 0.05) is 5.56 Å². The van der Waals surface area contributed by atoms with E-state index in [9.17, 15) is 0 Å². The molecule has 1 aliphatic carbocycles. The van der Waals surface area contributed by atoms with Gasteiger partial charge in [-0.15, -0.1) is 0 Å². The van der Waals surface area contributed by atoms with Gasteiger partial charge in [-0.2, -0.15) is 0 Å². The molecule has 1 atom stereocenters. The van der Waals surface area contributed by atoms with Crippen LogP contribution in [0.25, 0.3) is 0 Å². The number of hydrogen-bond donors (Lipinski definition) is 0. The fraction of sp³-hybridized carbons (Fsp3) is 0.500. The molecule has 1 saturated heterocycles. The zero-order valence-electron chi connectivity index (χ0n) is 9.89. The van der Waals surface area contributed by atoms with E-state index < -0.39 is 0 Å². The first-order valence-electron chi connectivity index (χ1n) is 6.32. The van der Waals surface area contributed by atoms with Gasteiger partial charge in [-0.1, -0.05) is 29.4 Å². The minimum Gasteiger partial charge on any atom is -0.393 e. The number of aryl methyl sites for hydroxylation is 1. The third-order valence-electron chi connectivity index (χ3n) is 3.28. The lowest BCUT2D eigenvalue weighted by atomic mass is 10.0. The fourth-order valence-corrected chi connectivity index (χ4v) is 2.22. The largest absolute Gasteiger partial charge is 0.393 e. The van der Waals surface area contributed by atoms with Gasteiger partial charge in [-0.05, 0) is 31.2 Å². The number of oxime groups is 1. The topological polar surface area (TPSA) is 34.1 Å². The third kappa shape index (κ3) is 2.67. The highest BCUT2D eigenvalue weighted by Crippen LogP contribution is 2.21. The molecular weight excluding hydrogens is 214 g/mol. The van der Waals surface area contributed by atoms with E-state index >= 15 is 0 Å². The summed E-state index contributed by atoms with van der Waals surface area (Å²) in [6.07, 6.45) is 4.88. The van der Waals surface area contributed by atoms with Gasteiger partial charge in [0.25, 0.3) is 0 Å². The van der Waals surface area contributed by atoms with Crippen molar-refractivity contribution in [3.8, 4) is 0 Å². The van der Waals surface area contributed by atoms with E-state index in [4.69, 9.17) is 9.57 Å². The summed E-state index contributed by atoms with van der Waals surface area (Å²) in [5, 5.41) is 4.30. The zero-order chi connectivity index (χ0) is 11.5. The number of ether oxygens (including phenoxy) is 1. The molecule has 3 nitrogen and oxygen atoms in total. The summed E-state index contributed by atoms with van der Waals surface area (Å²) in [6, 6.07) is 8.51. The summed E-state index contributed by atoms with van der Waals surface area (Å²) >= 11 is 0. The molecule has 0 unspecified atom stereocenters. The molecule has 1 aliphatic heterocycles. The molecule has 0 N–H and O–H groups in total. The summed E-state index contributed by atoms with van der Waals surface area (Å²) in [6.45, 7) is 1.41. The number of benzene rings is 1. The van der Waals surface area contributed by atoms with E-state index in [-0.39, 0.29) is 6.10 Å². The van der Waals surface area contributed by atoms with Crippen molar-refractivity contribution in [1.82, 2.24) is 0 Å². The molecule has 0 bridgehead atoms. The van der Waals surface area contributed by atoms with Crippen LogP contribution in [-0.4, -0.2) is 25.0 Å². The van der Waals surface area contributed by atoms with E-state index in [0.717, 1.165) is 25.2 Å². The average Bonchev–Trinajstić information content (AvgIpc) is 3.17. The first-order chi connectivity index (χ1) is 8.43. The lowest BCUT2D eigenvalue weighted by molar-refractivity contribution is 0.124. The SMILES string of the molecule is c1ccc2c(c1)CCCC/C2=N/OC[C@H]1CO1. The molecule has 1 aromatic rings. The summed E-state index contributed by atoms with van der Waals surface area (Å²) in [5.41, 5.74) is 3.76. The summed E-state index contributed by atoms with van der Waals surface area (Å²) in [4.78, 5) is 5.37. The highest BCUT2D eigenvalue weighted by Gasteiger charge is 2.23. The first kappa shape index (κ1) is 10.8. The maximum Gasteiger partial charge on any atom is 0.145 e. The Kier molecular flexibility index (Phi) is 3.10. The number of hydrogen-bond acceptors (Lipinski definition) is 3. The Balaban J connectivity index is 1.77. The van der Waals surface area contributed by atoms with Crippen LogP contribution in [0.15, 0.2) is 29.4 Å². The second-order valence-corrected chi connectivity index (χ2v) is 4.65. The van der Waals surface area contributed by atoms with Crippen LogP contribution in [0.3, 0.4) is 0 Å². The quantitative estimate of drug-likeness (QED) is 0.455. The Morgan fingerprint density at radius 3 is 2.94 bits per heavy atom. The molecular formula is C14H17NO2. The average molecular weight is 231 g/mol. The number of fused-ring (bicyclic) bond motifs is 1. The van der Waals surface area contributed by atoms with Crippen LogP contribution in [0, 0.1) is 0 Å². The molecule has 2 aliphatic rings. The maximum atomic E-state index is 5.37. The van der Waals surface area contributed by atoms with Gasteiger partial charge in [-0.3, -0.25) is 0 Å². The van der Waals surface area contributed by atoms with Gasteiger partial charge in [0.1, 0.15) is 12.7 Å². The second kappa shape index (κ2) is 4.88. The summed E-state index contributed by atoms with van der Waals surface area (Å²) < 4.78 is 5.10. The van der Waals surface area contributed by atoms with Crippen LogP contribution in [0.1, 0.15) is 30.4 Å². The summed E-state index contributed by atoms with van der Waals surface area (Å²) in [7, 11) is 0. The minimum absolute atomic E-state index is 0.278. The van der Waals surface area contributed by atoms with Crippen LogP contribution >= 0.6 is 0 Å². The second-order valence-electron chi connectivity index (χ2n) is 4.65. The molecule has 1 aromatic carbocycles. The van der Waals surface area contributed by atoms with E-state index in [2.05, 4.69) is 29.4 Å². The normalized spacial score (nSPS) is 25.2. The van der Waals surface area contributed by atoms with Crippen molar-refractivity contribution in [1.29, 1.82) is 0 Å². The standard InChI is InChI=1S/C14H17NO2/c1-3-7-13-11(5-1)6-2-4-8-14(13)15-17-10-12-9-16-12/h1,3,5,7,12H,2,4,6,8-10H2/b15-14-/t12-/m1/s1. The van der Waals surface area contributed by atoms with E-state index in [0.29, 0.717) is 6.61 Å².